The molecule has 0 bridgehead atoms. The summed E-state index contributed by atoms with van der Waals surface area (Å²) in [5.41, 5.74) is 1.05. The molecule has 0 aliphatic carbocycles. The van der Waals surface area contributed by atoms with E-state index in [0.717, 1.165) is 38.3 Å². The third kappa shape index (κ3) is 3.26. The Morgan fingerprint density at radius 2 is 1.81 bits per heavy atom. The van der Waals surface area contributed by atoms with Gasteiger partial charge in [-0.05, 0) is 22.3 Å². The summed E-state index contributed by atoms with van der Waals surface area (Å²) in [5, 5.41) is 16.5. The molecule has 0 saturated carbocycles. The van der Waals surface area contributed by atoms with Crippen molar-refractivity contribution in [3.8, 4) is 0 Å². The predicted octanol–water partition coefficient (Wildman–Crippen LogP) is 2.41. The fourth-order valence-electron chi connectivity index (χ4n) is 3.22. The normalized spacial score (nSPS) is 19.5. The van der Waals surface area contributed by atoms with Crippen molar-refractivity contribution in [2.75, 3.05) is 32.7 Å². The molecule has 3 rings (SSSR count). The predicted molar refractivity (Wildman–Crippen MR) is 87.4 cm³/mol. The zero-order valence-electron chi connectivity index (χ0n) is 12.6. The van der Waals surface area contributed by atoms with E-state index < -0.39 is 6.10 Å². The summed E-state index contributed by atoms with van der Waals surface area (Å²) in [6, 6.07) is 14.5. The van der Waals surface area contributed by atoms with Crippen LogP contribution in [0.15, 0.2) is 42.5 Å². The van der Waals surface area contributed by atoms with Gasteiger partial charge in [0.2, 0.25) is 0 Å². The van der Waals surface area contributed by atoms with Crippen molar-refractivity contribution in [2.45, 2.75) is 13.0 Å². The molecule has 0 spiro atoms. The topological polar surface area (TPSA) is 35.5 Å². The molecule has 1 fully saturated rings. The lowest BCUT2D eigenvalue weighted by Gasteiger charge is -2.31. The van der Waals surface area contributed by atoms with Gasteiger partial charge in [0.05, 0.1) is 6.10 Å². The van der Waals surface area contributed by atoms with Crippen LogP contribution in [0.2, 0.25) is 0 Å². The van der Waals surface area contributed by atoms with Gasteiger partial charge in [-0.2, -0.15) is 0 Å². The average molecular weight is 284 g/mol. The Labute approximate surface area is 126 Å². The van der Waals surface area contributed by atoms with Crippen LogP contribution in [-0.2, 0) is 0 Å². The number of benzene rings is 2. The standard InChI is InChI=1S/C18H24N2O/c1-14(13-20-11-9-19-10-12-20)18(21)17-8-4-6-15-5-2-3-7-16(15)17/h2-8,14,18-19,21H,9-13H2,1H3. The van der Waals surface area contributed by atoms with Crippen LogP contribution in [0.25, 0.3) is 10.8 Å². The van der Waals surface area contributed by atoms with Gasteiger partial charge in [0, 0.05) is 32.7 Å². The molecule has 2 atom stereocenters. The number of aliphatic hydroxyl groups is 1. The Bertz CT molecular complexity index is 587. The second-order valence-electron chi connectivity index (χ2n) is 6.04. The smallest absolute Gasteiger partial charge is 0.0833 e. The number of aliphatic hydroxyl groups excluding tert-OH is 1. The molecule has 2 aromatic carbocycles. The average Bonchev–Trinajstić information content (AvgIpc) is 2.54. The van der Waals surface area contributed by atoms with Gasteiger partial charge in [-0.1, -0.05) is 49.4 Å². The van der Waals surface area contributed by atoms with Gasteiger partial charge in [0.25, 0.3) is 0 Å². The Hall–Kier alpha value is -1.42. The first-order chi connectivity index (χ1) is 10.3. The lowest BCUT2D eigenvalue weighted by atomic mass is 9.92. The van der Waals surface area contributed by atoms with Crippen LogP contribution in [0, 0.1) is 5.92 Å². The van der Waals surface area contributed by atoms with Crippen LogP contribution in [0.1, 0.15) is 18.6 Å². The molecule has 1 saturated heterocycles. The molecule has 1 aliphatic heterocycles. The number of piperazine rings is 1. The van der Waals surface area contributed by atoms with E-state index in [-0.39, 0.29) is 5.92 Å². The van der Waals surface area contributed by atoms with E-state index in [1.807, 2.05) is 18.2 Å². The minimum atomic E-state index is -0.411. The Morgan fingerprint density at radius 3 is 2.62 bits per heavy atom. The molecule has 2 N–H and O–H groups in total. The summed E-state index contributed by atoms with van der Waals surface area (Å²) in [4.78, 5) is 2.44. The monoisotopic (exact) mass is 284 g/mol. The summed E-state index contributed by atoms with van der Waals surface area (Å²) in [6.07, 6.45) is -0.411. The van der Waals surface area contributed by atoms with Crippen molar-refractivity contribution >= 4 is 10.8 Å². The van der Waals surface area contributed by atoms with Crippen molar-refractivity contribution in [1.29, 1.82) is 0 Å². The summed E-state index contributed by atoms with van der Waals surface area (Å²) >= 11 is 0. The highest BCUT2D eigenvalue weighted by molar-refractivity contribution is 5.85. The van der Waals surface area contributed by atoms with E-state index in [9.17, 15) is 5.11 Å². The maximum absolute atomic E-state index is 10.8. The summed E-state index contributed by atoms with van der Waals surface area (Å²) in [6.45, 7) is 7.36. The summed E-state index contributed by atoms with van der Waals surface area (Å²) in [7, 11) is 0. The minimum absolute atomic E-state index is 0.230. The maximum Gasteiger partial charge on any atom is 0.0833 e. The fraction of sp³-hybridized carbons (Fsp3) is 0.444. The van der Waals surface area contributed by atoms with Crippen LogP contribution in [0.4, 0.5) is 0 Å². The van der Waals surface area contributed by atoms with Gasteiger partial charge in [-0.3, -0.25) is 0 Å². The zero-order valence-corrected chi connectivity index (χ0v) is 12.6. The molecular weight excluding hydrogens is 260 g/mol. The molecular formula is C18H24N2O. The second kappa shape index (κ2) is 6.56. The largest absolute Gasteiger partial charge is 0.388 e. The number of nitrogens with one attached hydrogen (secondary N) is 1. The van der Waals surface area contributed by atoms with Crippen molar-refractivity contribution in [1.82, 2.24) is 10.2 Å². The zero-order chi connectivity index (χ0) is 14.7. The van der Waals surface area contributed by atoms with Crippen LogP contribution in [-0.4, -0.2) is 42.7 Å². The molecule has 0 aromatic heterocycles. The molecule has 21 heavy (non-hydrogen) atoms. The Morgan fingerprint density at radius 1 is 1.10 bits per heavy atom. The Balaban J connectivity index is 1.77. The molecule has 1 aliphatic rings. The van der Waals surface area contributed by atoms with Crippen LogP contribution >= 0.6 is 0 Å². The molecule has 2 unspecified atom stereocenters. The summed E-state index contributed by atoms with van der Waals surface area (Å²) < 4.78 is 0. The van der Waals surface area contributed by atoms with Crippen LogP contribution < -0.4 is 5.32 Å². The van der Waals surface area contributed by atoms with Gasteiger partial charge >= 0.3 is 0 Å². The minimum Gasteiger partial charge on any atom is -0.388 e. The first kappa shape index (κ1) is 14.5. The fourth-order valence-corrected chi connectivity index (χ4v) is 3.22. The van der Waals surface area contributed by atoms with Crippen LogP contribution in [0.3, 0.4) is 0 Å². The van der Waals surface area contributed by atoms with Crippen molar-refractivity contribution in [2.24, 2.45) is 5.92 Å². The van der Waals surface area contributed by atoms with E-state index in [4.69, 9.17) is 0 Å². The molecule has 3 nitrogen and oxygen atoms in total. The molecule has 112 valence electrons. The van der Waals surface area contributed by atoms with Gasteiger partial charge in [0.1, 0.15) is 0 Å². The molecule has 0 amide bonds. The number of hydrogen-bond acceptors (Lipinski definition) is 3. The first-order valence-corrected chi connectivity index (χ1v) is 7.84. The number of rotatable bonds is 4. The maximum atomic E-state index is 10.8. The molecule has 1 heterocycles. The molecule has 3 heteroatoms. The number of hydrogen-bond donors (Lipinski definition) is 2. The van der Waals surface area contributed by atoms with Gasteiger partial charge in [-0.15, -0.1) is 0 Å². The van der Waals surface area contributed by atoms with E-state index in [1.165, 1.54) is 10.8 Å². The van der Waals surface area contributed by atoms with Crippen molar-refractivity contribution < 1.29 is 5.11 Å². The number of fused-ring (bicyclic) bond motifs is 1. The van der Waals surface area contributed by atoms with Crippen LogP contribution in [0.5, 0.6) is 0 Å². The molecule has 0 radical (unpaired) electrons. The molecule has 2 aromatic rings. The van der Waals surface area contributed by atoms with Crippen molar-refractivity contribution in [3.63, 3.8) is 0 Å². The van der Waals surface area contributed by atoms with Gasteiger partial charge in [0.15, 0.2) is 0 Å². The SMILES string of the molecule is CC(CN1CCNCC1)C(O)c1cccc2ccccc12. The van der Waals surface area contributed by atoms with E-state index >= 15 is 0 Å². The van der Waals surface area contributed by atoms with Gasteiger partial charge in [-0.25, -0.2) is 0 Å². The lowest BCUT2D eigenvalue weighted by molar-refractivity contribution is 0.0853. The lowest BCUT2D eigenvalue weighted by Crippen LogP contribution is -2.45. The van der Waals surface area contributed by atoms with Crippen molar-refractivity contribution in [3.05, 3.63) is 48.0 Å². The third-order valence-corrected chi connectivity index (χ3v) is 4.44. The van der Waals surface area contributed by atoms with Gasteiger partial charge < -0.3 is 15.3 Å². The summed E-state index contributed by atoms with van der Waals surface area (Å²) in [5.74, 6) is 0.230. The highest BCUT2D eigenvalue weighted by Gasteiger charge is 2.21. The highest BCUT2D eigenvalue weighted by atomic mass is 16.3. The van der Waals surface area contributed by atoms with E-state index in [2.05, 4.69) is 41.4 Å². The quantitative estimate of drug-likeness (QED) is 0.905. The number of nitrogens with zero attached hydrogens (tertiary/aromatic N) is 1. The Kier molecular flexibility index (Phi) is 4.54. The first-order valence-electron chi connectivity index (χ1n) is 7.84. The van der Waals surface area contributed by atoms with E-state index in [0.29, 0.717) is 0 Å². The highest BCUT2D eigenvalue weighted by Crippen LogP contribution is 2.29. The second-order valence-corrected chi connectivity index (χ2v) is 6.04. The van der Waals surface area contributed by atoms with E-state index in [1.54, 1.807) is 0 Å². The third-order valence-electron chi connectivity index (χ3n) is 4.44.